The predicted molar refractivity (Wildman–Crippen MR) is 76.8 cm³/mol. The summed E-state index contributed by atoms with van der Waals surface area (Å²) in [6.45, 7) is 0. The van der Waals surface area contributed by atoms with Crippen LogP contribution in [0, 0.1) is 0 Å². The molecule has 19 heavy (non-hydrogen) atoms. The molecule has 0 aliphatic rings. The monoisotopic (exact) mass is 320 g/mol. The molecule has 7 heteroatoms. The van der Waals surface area contributed by atoms with Crippen molar-refractivity contribution in [2.75, 3.05) is 0 Å². The SMILES string of the molecule is O=C(O)Cc1cccc2ccccc12.O=P(O)(Cl)Cl. The van der Waals surface area contributed by atoms with Gasteiger partial charge in [0.05, 0.1) is 6.42 Å². The molecule has 4 nitrogen and oxygen atoms in total. The highest BCUT2D eigenvalue weighted by Gasteiger charge is 2.03. The van der Waals surface area contributed by atoms with Crippen LogP contribution in [0.5, 0.6) is 0 Å². The Bertz CT molecular complexity index is 610. The molecule has 2 aromatic carbocycles. The first-order valence-corrected chi connectivity index (χ1v) is 8.65. The fraction of sp³-hybridized carbons (Fsp3) is 0.0833. The molecule has 0 unspecified atom stereocenters. The Hall–Kier alpha value is -1.06. The van der Waals surface area contributed by atoms with E-state index in [4.69, 9.17) is 10.00 Å². The van der Waals surface area contributed by atoms with Gasteiger partial charge in [0.15, 0.2) is 0 Å². The minimum absolute atomic E-state index is 0.0847. The molecule has 0 fully saturated rings. The maximum absolute atomic E-state index is 10.6. The Balaban J connectivity index is 0.000000312. The molecular weight excluding hydrogens is 310 g/mol. The van der Waals surface area contributed by atoms with Crippen molar-refractivity contribution in [3.63, 3.8) is 0 Å². The highest BCUT2D eigenvalue weighted by molar-refractivity contribution is 8.04. The quantitative estimate of drug-likeness (QED) is 0.819. The van der Waals surface area contributed by atoms with Crippen LogP contribution in [-0.4, -0.2) is 16.0 Å². The van der Waals surface area contributed by atoms with Gasteiger partial charge in [-0.15, -0.1) is 0 Å². The molecule has 0 atom stereocenters. The smallest absolute Gasteiger partial charge is 0.377 e. The van der Waals surface area contributed by atoms with Crippen molar-refractivity contribution in [1.29, 1.82) is 0 Å². The van der Waals surface area contributed by atoms with Crippen LogP contribution < -0.4 is 0 Å². The number of aliphatic carboxylic acids is 1. The van der Waals surface area contributed by atoms with E-state index in [0.717, 1.165) is 16.3 Å². The number of halogens is 2. The second-order valence-corrected chi connectivity index (χ2v) is 7.78. The molecule has 0 aliphatic carbocycles. The van der Waals surface area contributed by atoms with Gasteiger partial charge in [-0.1, -0.05) is 42.5 Å². The third-order valence-electron chi connectivity index (χ3n) is 2.22. The molecule has 2 aromatic rings. The number of carboxylic acid groups (broad SMARTS) is 1. The van der Waals surface area contributed by atoms with Gasteiger partial charge in [0, 0.05) is 0 Å². The van der Waals surface area contributed by atoms with Crippen molar-refractivity contribution < 1.29 is 19.4 Å². The summed E-state index contributed by atoms with van der Waals surface area (Å²) >= 11 is 8.81. The van der Waals surface area contributed by atoms with E-state index in [1.807, 2.05) is 42.5 Å². The van der Waals surface area contributed by atoms with Crippen molar-refractivity contribution >= 4 is 45.3 Å². The molecule has 2 N–H and O–H groups in total. The lowest BCUT2D eigenvalue weighted by molar-refractivity contribution is -0.136. The number of hydrogen-bond donors (Lipinski definition) is 2. The van der Waals surface area contributed by atoms with Crippen LogP contribution in [0.3, 0.4) is 0 Å². The van der Waals surface area contributed by atoms with E-state index < -0.39 is 12.0 Å². The standard InChI is InChI=1S/C12H10O2.Cl2HO2P/c13-12(14)8-10-6-3-5-9-4-1-2-7-11(9)10;1-5(2,3)4/h1-7H,8H2,(H,13,14);(H,3,4). The van der Waals surface area contributed by atoms with Gasteiger partial charge in [-0.05, 0) is 38.8 Å². The fourth-order valence-corrected chi connectivity index (χ4v) is 1.61. The predicted octanol–water partition coefficient (Wildman–Crippen LogP) is 4.03. The van der Waals surface area contributed by atoms with Crippen LogP contribution in [0.2, 0.25) is 0 Å². The van der Waals surface area contributed by atoms with E-state index in [1.165, 1.54) is 0 Å². The molecular formula is C12H11Cl2O4P. The molecule has 0 spiro atoms. The van der Waals surface area contributed by atoms with Gasteiger partial charge in [0.25, 0.3) is 0 Å². The third kappa shape index (κ3) is 6.60. The molecule has 102 valence electrons. The molecule has 0 saturated carbocycles. The maximum atomic E-state index is 10.6. The molecule has 0 aliphatic heterocycles. The van der Waals surface area contributed by atoms with Gasteiger partial charge in [0.1, 0.15) is 0 Å². The van der Waals surface area contributed by atoms with E-state index >= 15 is 0 Å². The van der Waals surface area contributed by atoms with E-state index in [-0.39, 0.29) is 6.42 Å². The average Bonchev–Trinajstić information content (AvgIpc) is 2.26. The summed E-state index contributed by atoms with van der Waals surface area (Å²) < 4.78 is 9.30. The second kappa shape index (κ2) is 6.92. The zero-order valence-electron chi connectivity index (χ0n) is 9.66. The lowest BCUT2D eigenvalue weighted by Crippen LogP contribution is -2.00. The van der Waals surface area contributed by atoms with Crippen LogP contribution in [-0.2, 0) is 15.8 Å². The second-order valence-electron chi connectivity index (χ2n) is 3.64. The Kier molecular flexibility index (Phi) is 5.83. The normalized spacial score (nSPS) is 10.7. The van der Waals surface area contributed by atoms with Crippen LogP contribution in [0.25, 0.3) is 10.8 Å². The van der Waals surface area contributed by atoms with Crippen molar-refractivity contribution in [3.05, 3.63) is 48.0 Å². The summed E-state index contributed by atoms with van der Waals surface area (Å²) in [5.74, 6) is -0.790. The molecule has 0 bridgehead atoms. The Morgan fingerprint density at radius 1 is 1.11 bits per heavy atom. The van der Waals surface area contributed by atoms with Crippen molar-refractivity contribution in [2.45, 2.75) is 6.42 Å². The maximum Gasteiger partial charge on any atom is 0.377 e. The summed E-state index contributed by atoms with van der Waals surface area (Å²) in [6, 6.07) is 13.5. The zero-order chi connectivity index (χ0) is 14.5. The fourth-order valence-electron chi connectivity index (χ4n) is 1.61. The highest BCUT2D eigenvalue weighted by Crippen LogP contribution is 2.51. The lowest BCUT2D eigenvalue weighted by atomic mass is 10.0. The number of rotatable bonds is 2. The number of benzene rings is 2. The average molecular weight is 321 g/mol. The lowest BCUT2D eigenvalue weighted by Gasteiger charge is -2.02. The third-order valence-corrected chi connectivity index (χ3v) is 2.22. The summed E-state index contributed by atoms with van der Waals surface area (Å²) in [4.78, 5) is 18.2. The Labute approximate surface area is 119 Å². The van der Waals surface area contributed by atoms with Crippen LogP contribution in [0.1, 0.15) is 5.56 Å². The van der Waals surface area contributed by atoms with Crippen molar-refractivity contribution in [3.8, 4) is 0 Å². The van der Waals surface area contributed by atoms with Gasteiger partial charge < -0.3 is 10.00 Å². The molecule has 0 amide bonds. The summed E-state index contributed by atoms with van der Waals surface area (Å²) in [5, 5.41) is 10.8. The highest BCUT2D eigenvalue weighted by atomic mass is 35.9. The van der Waals surface area contributed by atoms with E-state index in [0.29, 0.717) is 0 Å². The van der Waals surface area contributed by atoms with Gasteiger partial charge >= 0.3 is 12.0 Å². The minimum Gasteiger partial charge on any atom is -0.481 e. The first-order valence-electron chi connectivity index (χ1n) is 5.18. The van der Waals surface area contributed by atoms with E-state index in [1.54, 1.807) is 0 Å². The molecule has 2 rings (SSSR count). The van der Waals surface area contributed by atoms with Gasteiger partial charge in [-0.25, -0.2) is 0 Å². The largest absolute Gasteiger partial charge is 0.481 e. The molecule has 0 aromatic heterocycles. The van der Waals surface area contributed by atoms with Crippen molar-refractivity contribution in [2.24, 2.45) is 0 Å². The van der Waals surface area contributed by atoms with Gasteiger partial charge in [-0.3, -0.25) is 9.36 Å². The molecule has 0 saturated heterocycles. The zero-order valence-corrected chi connectivity index (χ0v) is 12.1. The number of carbonyl (C=O) groups is 1. The summed E-state index contributed by atoms with van der Waals surface area (Å²) in [6.07, 6.45) is -3.61. The first kappa shape index (κ1) is 16.0. The van der Waals surface area contributed by atoms with Crippen LogP contribution in [0.15, 0.2) is 42.5 Å². The van der Waals surface area contributed by atoms with Crippen molar-refractivity contribution in [1.82, 2.24) is 0 Å². The number of fused-ring (bicyclic) bond motifs is 1. The Morgan fingerprint density at radius 3 is 2.21 bits per heavy atom. The minimum atomic E-state index is -3.69. The van der Waals surface area contributed by atoms with Gasteiger partial charge in [-0.2, -0.15) is 0 Å². The molecule has 0 radical (unpaired) electrons. The number of hydrogen-bond acceptors (Lipinski definition) is 2. The van der Waals surface area contributed by atoms with E-state index in [9.17, 15) is 9.36 Å². The molecule has 0 heterocycles. The first-order chi connectivity index (χ1) is 8.77. The van der Waals surface area contributed by atoms with Gasteiger partial charge in [0.2, 0.25) is 0 Å². The Morgan fingerprint density at radius 2 is 1.63 bits per heavy atom. The summed E-state index contributed by atoms with van der Waals surface area (Å²) in [5.41, 5.74) is 0.871. The summed E-state index contributed by atoms with van der Waals surface area (Å²) in [7, 11) is 0. The topological polar surface area (TPSA) is 74.6 Å². The van der Waals surface area contributed by atoms with Crippen LogP contribution >= 0.6 is 28.6 Å². The van der Waals surface area contributed by atoms with E-state index in [2.05, 4.69) is 22.5 Å². The van der Waals surface area contributed by atoms with Crippen LogP contribution in [0.4, 0.5) is 0 Å². The number of carboxylic acids is 1.